The number of hydrogen-bond donors (Lipinski definition) is 2. The van der Waals surface area contributed by atoms with E-state index in [0.717, 1.165) is 12.8 Å². The quantitative estimate of drug-likeness (QED) is 0.617. The summed E-state index contributed by atoms with van der Waals surface area (Å²) in [5.41, 5.74) is -0.394. The Kier molecular flexibility index (Phi) is 4.11. The van der Waals surface area contributed by atoms with Crippen LogP contribution < -0.4 is 5.32 Å². The summed E-state index contributed by atoms with van der Waals surface area (Å²) in [7, 11) is 1.60. The standard InChI is InChI=1S/C6H11NO2.C2H6/c1-7-5(9)6(4-8)2-3-6;1-2/h8H,2-4H2,1H3,(H,7,9);1-2H3. The molecule has 2 N–H and O–H groups in total. The molecule has 1 aliphatic rings. The molecule has 0 aromatic carbocycles. The Balaban J connectivity index is 0.000000461. The van der Waals surface area contributed by atoms with E-state index in [0.29, 0.717) is 0 Å². The predicted molar refractivity (Wildman–Crippen MR) is 44.2 cm³/mol. The molecule has 0 atom stereocenters. The van der Waals surface area contributed by atoms with Crippen LogP contribution in [-0.4, -0.2) is 24.7 Å². The summed E-state index contributed by atoms with van der Waals surface area (Å²) in [6.45, 7) is 3.99. The van der Waals surface area contributed by atoms with Gasteiger partial charge in [-0.2, -0.15) is 0 Å². The molecule has 3 nitrogen and oxygen atoms in total. The summed E-state index contributed by atoms with van der Waals surface area (Å²) in [6, 6.07) is 0. The molecule has 66 valence electrons. The van der Waals surface area contributed by atoms with Crippen molar-refractivity contribution in [2.75, 3.05) is 13.7 Å². The van der Waals surface area contributed by atoms with Gasteiger partial charge in [-0.3, -0.25) is 4.79 Å². The molecule has 0 heterocycles. The van der Waals surface area contributed by atoms with E-state index >= 15 is 0 Å². The van der Waals surface area contributed by atoms with Crippen LogP contribution >= 0.6 is 0 Å². The fourth-order valence-electron chi connectivity index (χ4n) is 0.873. The van der Waals surface area contributed by atoms with Crippen molar-refractivity contribution >= 4 is 5.91 Å². The van der Waals surface area contributed by atoms with Gasteiger partial charge in [0, 0.05) is 7.05 Å². The molecule has 0 unspecified atom stereocenters. The van der Waals surface area contributed by atoms with Crippen molar-refractivity contribution in [2.45, 2.75) is 26.7 Å². The highest BCUT2D eigenvalue weighted by molar-refractivity contribution is 5.85. The molecule has 0 spiro atoms. The first-order chi connectivity index (χ1) is 5.25. The van der Waals surface area contributed by atoms with Crippen LogP contribution in [0.15, 0.2) is 0 Å². The third kappa shape index (κ3) is 2.19. The smallest absolute Gasteiger partial charge is 0.228 e. The molecular weight excluding hydrogens is 142 g/mol. The zero-order valence-corrected chi connectivity index (χ0v) is 7.48. The summed E-state index contributed by atoms with van der Waals surface area (Å²) in [5.74, 6) is -0.0231. The second kappa shape index (κ2) is 4.34. The van der Waals surface area contributed by atoms with Crippen LogP contribution in [-0.2, 0) is 4.79 Å². The SMILES string of the molecule is CC.CNC(=O)C1(CO)CC1. The molecule has 0 aliphatic heterocycles. The number of amides is 1. The van der Waals surface area contributed by atoms with Crippen molar-refractivity contribution in [3.8, 4) is 0 Å². The van der Waals surface area contributed by atoms with E-state index in [9.17, 15) is 4.79 Å². The van der Waals surface area contributed by atoms with E-state index in [2.05, 4.69) is 5.32 Å². The lowest BCUT2D eigenvalue weighted by Gasteiger charge is -2.07. The highest BCUT2D eigenvalue weighted by Crippen LogP contribution is 2.44. The highest BCUT2D eigenvalue weighted by Gasteiger charge is 2.48. The maximum Gasteiger partial charge on any atom is 0.228 e. The Morgan fingerprint density at radius 2 is 2.00 bits per heavy atom. The summed E-state index contributed by atoms with van der Waals surface area (Å²) in [5, 5.41) is 11.2. The predicted octanol–water partition coefficient (Wildman–Crippen LogP) is 0.531. The molecule has 0 radical (unpaired) electrons. The number of carbonyl (C=O) groups excluding carboxylic acids is 1. The molecular formula is C8H17NO2. The van der Waals surface area contributed by atoms with Gasteiger partial charge in [-0.1, -0.05) is 13.8 Å². The number of carbonyl (C=O) groups is 1. The van der Waals surface area contributed by atoms with Crippen molar-refractivity contribution in [3.63, 3.8) is 0 Å². The van der Waals surface area contributed by atoms with E-state index in [-0.39, 0.29) is 12.5 Å². The van der Waals surface area contributed by atoms with Gasteiger partial charge in [0.05, 0.1) is 12.0 Å². The molecule has 11 heavy (non-hydrogen) atoms. The van der Waals surface area contributed by atoms with E-state index in [1.165, 1.54) is 0 Å². The molecule has 1 aliphatic carbocycles. The topological polar surface area (TPSA) is 49.3 Å². The van der Waals surface area contributed by atoms with Crippen molar-refractivity contribution in [1.82, 2.24) is 5.32 Å². The van der Waals surface area contributed by atoms with Crippen LogP contribution in [0.5, 0.6) is 0 Å². The van der Waals surface area contributed by atoms with Crippen molar-refractivity contribution in [1.29, 1.82) is 0 Å². The molecule has 0 bridgehead atoms. The number of hydrogen-bond acceptors (Lipinski definition) is 2. The largest absolute Gasteiger partial charge is 0.395 e. The molecule has 3 heteroatoms. The fourth-order valence-corrected chi connectivity index (χ4v) is 0.873. The van der Waals surface area contributed by atoms with E-state index in [1.54, 1.807) is 7.05 Å². The van der Waals surface area contributed by atoms with Gasteiger partial charge in [-0.15, -0.1) is 0 Å². The summed E-state index contributed by atoms with van der Waals surface area (Å²) >= 11 is 0. The van der Waals surface area contributed by atoms with Crippen LogP contribution in [0.4, 0.5) is 0 Å². The minimum absolute atomic E-state index is 0.00727. The third-order valence-electron chi connectivity index (χ3n) is 1.86. The average Bonchev–Trinajstić information content (AvgIpc) is 2.87. The monoisotopic (exact) mass is 159 g/mol. The Morgan fingerprint density at radius 1 is 1.55 bits per heavy atom. The maximum absolute atomic E-state index is 10.9. The lowest BCUT2D eigenvalue weighted by molar-refractivity contribution is -0.127. The molecule has 1 saturated carbocycles. The van der Waals surface area contributed by atoms with Crippen LogP contribution in [0.3, 0.4) is 0 Å². The lowest BCUT2D eigenvalue weighted by atomic mass is 10.1. The second-order valence-electron chi connectivity index (χ2n) is 2.52. The maximum atomic E-state index is 10.9. The average molecular weight is 159 g/mol. The summed E-state index contributed by atoms with van der Waals surface area (Å²) < 4.78 is 0. The van der Waals surface area contributed by atoms with Gasteiger partial charge in [-0.05, 0) is 12.8 Å². The van der Waals surface area contributed by atoms with Crippen molar-refractivity contribution in [2.24, 2.45) is 5.41 Å². The van der Waals surface area contributed by atoms with Crippen LogP contribution in [0.1, 0.15) is 26.7 Å². The summed E-state index contributed by atoms with van der Waals surface area (Å²) in [6.07, 6.45) is 1.67. The Morgan fingerprint density at radius 3 is 2.09 bits per heavy atom. The number of aliphatic hydroxyl groups excluding tert-OH is 1. The zero-order chi connectivity index (χ0) is 8.91. The van der Waals surface area contributed by atoms with E-state index < -0.39 is 5.41 Å². The van der Waals surface area contributed by atoms with Gasteiger partial charge >= 0.3 is 0 Å². The van der Waals surface area contributed by atoms with E-state index in [4.69, 9.17) is 5.11 Å². The molecule has 0 saturated heterocycles. The fraction of sp³-hybridized carbons (Fsp3) is 0.875. The van der Waals surface area contributed by atoms with Gasteiger partial charge < -0.3 is 10.4 Å². The first-order valence-electron chi connectivity index (χ1n) is 4.08. The second-order valence-corrected chi connectivity index (χ2v) is 2.52. The van der Waals surface area contributed by atoms with Crippen molar-refractivity contribution in [3.05, 3.63) is 0 Å². The van der Waals surface area contributed by atoms with Crippen LogP contribution in [0, 0.1) is 5.41 Å². The van der Waals surface area contributed by atoms with Gasteiger partial charge in [-0.25, -0.2) is 0 Å². The number of rotatable bonds is 2. The zero-order valence-electron chi connectivity index (χ0n) is 7.48. The first-order valence-corrected chi connectivity index (χ1v) is 4.08. The molecule has 0 aromatic heterocycles. The van der Waals surface area contributed by atoms with Gasteiger partial charge in [0.1, 0.15) is 0 Å². The highest BCUT2D eigenvalue weighted by atomic mass is 16.3. The Bertz CT molecular complexity index is 130. The number of aliphatic hydroxyl groups is 1. The van der Waals surface area contributed by atoms with Crippen molar-refractivity contribution < 1.29 is 9.90 Å². The van der Waals surface area contributed by atoms with Gasteiger partial charge in [0.15, 0.2) is 0 Å². The minimum atomic E-state index is -0.394. The molecule has 0 aromatic rings. The van der Waals surface area contributed by atoms with E-state index in [1.807, 2.05) is 13.8 Å². The molecule has 1 amide bonds. The lowest BCUT2D eigenvalue weighted by Crippen LogP contribution is -2.31. The minimum Gasteiger partial charge on any atom is -0.395 e. The van der Waals surface area contributed by atoms with Crippen LogP contribution in [0.25, 0.3) is 0 Å². The Labute approximate surface area is 67.8 Å². The normalized spacial score (nSPS) is 17.8. The molecule has 1 fully saturated rings. The van der Waals surface area contributed by atoms with Gasteiger partial charge in [0.25, 0.3) is 0 Å². The summed E-state index contributed by atoms with van der Waals surface area (Å²) in [4.78, 5) is 10.9. The number of nitrogens with one attached hydrogen (secondary N) is 1. The molecule has 1 rings (SSSR count). The third-order valence-corrected chi connectivity index (χ3v) is 1.86. The van der Waals surface area contributed by atoms with Crippen LogP contribution in [0.2, 0.25) is 0 Å². The van der Waals surface area contributed by atoms with Gasteiger partial charge in [0.2, 0.25) is 5.91 Å². The first kappa shape index (κ1) is 10.4. The Hall–Kier alpha value is -0.570.